The van der Waals surface area contributed by atoms with Gasteiger partial charge in [-0.2, -0.15) is 18.3 Å². The Kier molecular flexibility index (Phi) is 6.11. The first-order valence-electron chi connectivity index (χ1n) is 12.8. The van der Waals surface area contributed by atoms with Crippen molar-refractivity contribution in [2.45, 2.75) is 37.9 Å². The molecule has 0 radical (unpaired) electrons. The Bertz CT molecular complexity index is 1220. The molecule has 3 fully saturated rings. The van der Waals surface area contributed by atoms with Crippen LogP contribution in [0.1, 0.15) is 31.2 Å². The van der Waals surface area contributed by atoms with E-state index in [4.69, 9.17) is 4.74 Å². The van der Waals surface area contributed by atoms with Crippen LogP contribution in [-0.2, 0) is 18.0 Å². The minimum Gasteiger partial charge on any atom is -0.381 e. The molecule has 2 atom stereocenters. The molecular weight excluding hydrogens is 469 g/mol. The van der Waals surface area contributed by atoms with Crippen LogP contribution in [0.4, 0.5) is 19.0 Å². The van der Waals surface area contributed by atoms with Gasteiger partial charge in [-0.1, -0.05) is 6.07 Å². The molecule has 3 aliphatic rings. The average Bonchev–Trinajstić information content (AvgIpc) is 3.52. The first-order chi connectivity index (χ1) is 17.3. The van der Waals surface area contributed by atoms with E-state index in [1.165, 1.54) is 0 Å². The highest BCUT2D eigenvalue weighted by atomic mass is 19.4. The number of rotatable bonds is 5. The van der Waals surface area contributed by atoms with Crippen LogP contribution in [0.3, 0.4) is 0 Å². The summed E-state index contributed by atoms with van der Waals surface area (Å²) in [6.07, 6.45) is 1.15. The number of nitrogens with zero attached hydrogens (tertiary/aromatic N) is 5. The van der Waals surface area contributed by atoms with E-state index in [1.54, 1.807) is 23.0 Å². The fraction of sp³-hybridized carbons (Fsp3) is 0.577. The predicted octanol–water partition coefficient (Wildman–Crippen LogP) is 4.60. The summed E-state index contributed by atoms with van der Waals surface area (Å²) < 4.78 is 49.3. The summed E-state index contributed by atoms with van der Waals surface area (Å²) in [7, 11) is 1.82. The van der Waals surface area contributed by atoms with Gasteiger partial charge in [0.05, 0.1) is 17.4 Å². The molecule has 6 rings (SSSR count). The second kappa shape index (κ2) is 9.30. The third kappa shape index (κ3) is 4.68. The largest absolute Gasteiger partial charge is 0.420 e. The zero-order chi connectivity index (χ0) is 24.9. The Morgan fingerprint density at radius 2 is 1.81 bits per heavy atom. The standard InChI is InChI=1S/C26H31F3N6O/c1-34-24-3-2-17(8-18(24)12-30-34)23-11-22(26(27,28)29)25(33-32-23)31-21-9-19-14-35(15-20(19)10-21)13-16-4-6-36-7-5-16/h2-3,8,11-12,16,19-21H,4-7,9-10,13-15H2,1H3,(H,31,33)/t19-,20-/m1/s1. The lowest BCUT2D eigenvalue weighted by Crippen LogP contribution is -2.32. The Balaban J connectivity index is 1.15. The number of nitrogens with one attached hydrogen (secondary N) is 1. The third-order valence-corrected chi connectivity index (χ3v) is 8.17. The minimum atomic E-state index is -4.53. The molecule has 3 aromatic rings. The summed E-state index contributed by atoms with van der Waals surface area (Å²) in [6.45, 7) is 4.90. The number of ether oxygens (including phenoxy) is 1. The summed E-state index contributed by atoms with van der Waals surface area (Å²) in [6, 6.07) is 6.48. The Morgan fingerprint density at radius 1 is 1.06 bits per heavy atom. The molecular formula is C26H31F3N6O. The number of alkyl halides is 3. The van der Waals surface area contributed by atoms with Gasteiger partial charge < -0.3 is 15.0 Å². The van der Waals surface area contributed by atoms with Gasteiger partial charge in [0, 0.05) is 56.9 Å². The van der Waals surface area contributed by atoms with Gasteiger partial charge in [0.1, 0.15) is 5.56 Å². The van der Waals surface area contributed by atoms with Crippen LogP contribution in [0.5, 0.6) is 0 Å². The van der Waals surface area contributed by atoms with Gasteiger partial charge in [-0.15, -0.1) is 10.2 Å². The van der Waals surface area contributed by atoms with E-state index in [0.29, 0.717) is 23.3 Å². The zero-order valence-electron chi connectivity index (χ0n) is 20.3. The van der Waals surface area contributed by atoms with E-state index >= 15 is 0 Å². The Morgan fingerprint density at radius 3 is 2.53 bits per heavy atom. The van der Waals surface area contributed by atoms with Gasteiger partial charge in [-0.05, 0) is 61.6 Å². The summed E-state index contributed by atoms with van der Waals surface area (Å²) in [5.74, 6) is 1.58. The molecule has 2 saturated heterocycles. The SMILES string of the molecule is Cn1ncc2cc(-c3cc(C(F)(F)F)c(NC4C[C@@H]5CN(CC6CCOCC6)C[C@H]5C4)nn3)ccc21. The van der Waals surface area contributed by atoms with Crippen LogP contribution in [0.25, 0.3) is 22.2 Å². The number of aromatic nitrogens is 4. The molecule has 2 aromatic heterocycles. The molecule has 1 N–H and O–H groups in total. The predicted molar refractivity (Wildman–Crippen MR) is 130 cm³/mol. The van der Waals surface area contributed by atoms with Crippen molar-refractivity contribution in [3.8, 4) is 11.3 Å². The maximum Gasteiger partial charge on any atom is 0.420 e. The second-order valence-electron chi connectivity index (χ2n) is 10.6. The highest BCUT2D eigenvalue weighted by Gasteiger charge is 2.43. The topological polar surface area (TPSA) is 68.1 Å². The maximum absolute atomic E-state index is 14.0. The smallest absolute Gasteiger partial charge is 0.381 e. The number of aryl methyl sites for hydroxylation is 1. The summed E-state index contributed by atoms with van der Waals surface area (Å²) in [4.78, 5) is 2.55. The van der Waals surface area contributed by atoms with Crippen molar-refractivity contribution < 1.29 is 17.9 Å². The molecule has 0 amide bonds. The lowest BCUT2D eigenvalue weighted by molar-refractivity contribution is -0.137. The quantitative estimate of drug-likeness (QED) is 0.553. The lowest BCUT2D eigenvalue weighted by Gasteiger charge is -2.28. The van der Waals surface area contributed by atoms with Crippen LogP contribution in [-0.4, -0.2) is 63.8 Å². The fourth-order valence-electron chi connectivity index (χ4n) is 6.33. The van der Waals surface area contributed by atoms with E-state index < -0.39 is 11.7 Å². The van der Waals surface area contributed by atoms with E-state index in [0.717, 1.165) is 75.5 Å². The number of hydrogen-bond acceptors (Lipinski definition) is 6. The monoisotopic (exact) mass is 500 g/mol. The fourth-order valence-corrected chi connectivity index (χ4v) is 6.33. The van der Waals surface area contributed by atoms with Gasteiger partial charge in [0.15, 0.2) is 5.82 Å². The molecule has 0 spiro atoms. The van der Waals surface area contributed by atoms with Gasteiger partial charge in [0.2, 0.25) is 0 Å². The minimum absolute atomic E-state index is 0.0155. The highest BCUT2D eigenvalue weighted by molar-refractivity contribution is 5.84. The zero-order valence-corrected chi connectivity index (χ0v) is 20.3. The van der Waals surface area contributed by atoms with E-state index in [2.05, 4.69) is 25.5 Å². The van der Waals surface area contributed by atoms with Gasteiger partial charge in [0.25, 0.3) is 0 Å². The van der Waals surface area contributed by atoms with Crippen molar-refractivity contribution in [1.82, 2.24) is 24.9 Å². The van der Waals surface area contributed by atoms with Crippen molar-refractivity contribution in [3.05, 3.63) is 36.0 Å². The molecule has 192 valence electrons. The maximum atomic E-state index is 14.0. The van der Waals surface area contributed by atoms with Crippen molar-refractivity contribution in [2.24, 2.45) is 24.8 Å². The molecule has 36 heavy (non-hydrogen) atoms. The molecule has 1 aliphatic carbocycles. The number of benzene rings is 1. The van der Waals surface area contributed by atoms with Crippen molar-refractivity contribution in [3.63, 3.8) is 0 Å². The number of anilines is 1. The first kappa shape index (κ1) is 23.7. The molecule has 4 heterocycles. The van der Waals surface area contributed by atoms with Gasteiger partial charge in [-0.25, -0.2) is 0 Å². The summed E-state index contributed by atoms with van der Waals surface area (Å²) in [5, 5.41) is 16.4. The average molecular weight is 501 g/mol. The van der Waals surface area contributed by atoms with E-state index in [-0.39, 0.29) is 17.6 Å². The molecule has 1 aromatic carbocycles. The van der Waals surface area contributed by atoms with Crippen molar-refractivity contribution in [1.29, 1.82) is 0 Å². The normalized spacial score (nSPS) is 24.0. The van der Waals surface area contributed by atoms with Gasteiger partial charge >= 0.3 is 6.18 Å². The van der Waals surface area contributed by atoms with Gasteiger partial charge in [-0.3, -0.25) is 4.68 Å². The van der Waals surface area contributed by atoms with Crippen LogP contribution in [0, 0.1) is 17.8 Å². The van der Waals surface area contributed by atoms with E-state index in [1.807, 2.05) is 13.1 Å². The van der Waals surface area contributed by atoms with Crippen LogP contribution in [0.2, 0.25) is 0 Å². The Hall–Kier alpha value is -2.72. The van der Waals surface area contributed by atoms with Crippen LogP contribution >= 0.6 is 0 Å². The third-order valence-electron chi connectivity index (χ3n) is 8.17. The molecule has 2 aliphatic heterocycles. The molecule has 0 unspecified atom stereocenters. The summed E-state index contributed by atoms with van der Waals surface area (Å²) >= 11 is 0. The molecule has 7 nitrogen and oxygen atoms in total. The number of halogens is 3. The lowest BCUT2D eigenvalue weighted by atomic mass is 10.00. The summed E-state index contributed by atoms with van der Waals surface area (Å²) in [5.41, 5.74) is 0.918. The van der Waals surface area contributed by atoms with E-state index in [9.17, 15) is 13.2 Å². The Labute approximate surface area is 208 Å². The van der Waals surface area contributed by atoms with Crippen molar-refractivity contribution >= 4 is 16.7 Å². The molecule has 0 bridgehead atoms. The second-order valence-corrected chi connectivity index (χ2v) is 10.6. The van der Waals surface area contributed by atoms with Crippen LogP contribution < -0.4 is 5.32 Å². The highest BCUT2D eigenvalue weighted by Crippen LogP contribution is 2.42. The number of fused-ring (bicyclic) bond motifs is 2. The molecule has 1 saturated carbocycles. The van der Waals surface area contributed by atoms with Crippen LogP contribution in [0.15, 0.2) is 30.5 Å². The van der Waals surface area contributed by atoms with Crippen molar-refractivity contribution in [2.75, 3.05) is 38.2 Å². The first-order valence-corrected chi connectivity index (χ1v) is 12.8. The molecule has 10 heteroatoms. The number of hydrogen-bond donors (Lipinski definition) is 1. The number of likely N-dealkylation sites (tertiary alicyclic amines) is 1.